The summed E-state index contributed by atoms with van der Waals surface area (Å²) in [5.41, 5.74) is 0.915. The van der Waals surface area contributed by atoms with E-state index in [4.69, 9.17) is 9.73 Å². The minimum absolute atomic E-state index is 0.157. The van der Waals surface area contributed by atoms with E-state index in [1.165, 1.54) is 28.0 Å². The van der Waals surface area contributed by atoms with Crippen molar-refractivity contribution in [3.05, 3.63) is 115 Å². The highest BCUT2D eigenvalue weighted by molar-refractivity contribution is 14.1. The topological polar surface area (TPSA) is 124 Å². The Morgan fingerprint density at radius 1 is 1.26 bits per heavy atom. The van der Waals surface area contributed by atoms with Crippen LogP contribution in [0.25, 0.3) is 11.8 Å². The molecule has 2 aromatic heterocycles. The lowest BCUT2D eigenvalue weighted by Gasteiger charge is -2.24. The number of esters is 1. The van der Waals surface area contributed by atoms with Gasteiger partial charge in [-0.3, -0.25) is 19.5 Å². The number of benzene rings is 2. The van der Waals surface area contributed by atoms with E-state index in [1.807, 2.05) is 47.8 Å². The molecule has 192 valence electrons. The number of aromatic hydroxyl groups is 1. The fourth-order valence-electron chi connectivity index (χ4n) is 4.14. The average Bonchev–Trinajstić information content (AvgIpc) is 3.54. The van der Waals surface area contributed by atoms with Crippen LogP contribution in [0.15, 0.2) is 75.3 Å². The van der Waals surface area contributed by atoms with Gasteiger partial charge in [-0.25, -0.2) is 9.79 Å². The van der Waals surface area contributed by atoms with Gasteiger partial charge in [0.15, 0.2) is 4.80 Å². The van der Waals surface area contributed by atoms with Gasteiger partial charge in [0.05, 0.1) is 30.9 Å². The quantitative estimate of drug-likeness (QED) is 0.143. The molecular weight excluding hydrogens is 641 g/mol. The molecule has 1 atom stereocenters. The number of nitrogens with zero attached hydrogens (tertiary/aromatic N) is 3. The Kier molecular flexibility index (Phi) is 7.27. The van der Waals surface area contributed by atoms with Gasteiger partial charge in [-0.2, -0.15) is 0 Å². The van der Waals surface area contributed by atoms with Gasteiger partial charge in [0.2, 0.25) is 5.75 Å². The molecule has 9 nitrogen and oxygen atoms in total. The van der Waals surface area contributed by atoms with Gasteiger partial charge in [0.25, 0.3) is 5.56 Å². The number of phenolic OH excluding ortho intramolecular Hbond substituents is 1. The number of phenols is 1. The lowest BCUT2D eigenvalue weighted by Crippen LogP contribution is -2.39. The highest BCUT2D eigenvalue weighted by atomic mass is 127. The van der Waals surface area contributed by atoms with Gasteiger partial charge in [0, 0.05) is 16.5 Å². The number of carbonyl (C=O) groups excluding carboxylic acids is 1. The van der Waals surface area contributed by atoms with Crippen LogP contribution in [0, 0.1) is 13.7 Å². The number of fused-ring (bicyclic) bond motifs is 1. The van der Waals surface area contributed by atoms with Crippen LogP contribution in [0.4, 0.5) is 5.69 Å². The summed E-state index contributed by atoms with van der Waals surface area (Å²) in [5, 5.41) is 23.3. The number of hydrogen-bond donors (Lipinski definition) is 1. The molecule has 0 amide bonds. The highest BCUT2D eigenvalue weighted by Crippen LogP contribution is 2.37. The van der Waals surface area contributed by atoms with Crippen LogP contribution in [0.3, 0.4) is 0 Å². The summed E-state index contributed by atoms with van der Waals surface area (Å²) < 4.78 is 7.45. The maximum atomic E-state index is 13.8. The molecule has 0 bridgehead atoms. The molecule has 0 saturated heterocycles. The Hall–Kier alpha value is -3.62. The van der Waals surface area contributed by atoms with Gasteiger partial charge < -0.3 is 9.84 Å². The molecule has 0 saturated carbocycles. The summed E-state index contributed by atoms with van der Waals surface area (Å²) in [6, 6.07) is 14.9. The normalized spacial score (nSPS) is 15.2. The molecule has 1 aliphatic rings. The van der Waals surface area contributed by atoms with Gasteiger partial charge in [-0.1, -0.05) is 47.7 Å². The molecule has 0 radical (unpaired) electrons. The van der Waals surface area contributed by atoms with Crippen molar-refractivity contribution in [1.29, 1.82) is 0 Å². The van der Waals surface area contributed by atoms with E-state index in [0.717, 1.165) is 16.2 Å². The molecule has 1 N–H and O–H groups in total. The monoisotopic (exact) mass is 659 g/mol. The molecule has 5 rings (SSSR count). The van der Waals surface area contributed by atoms with Gasteiger partial charge in [0.1, 0.15) is 6.04 Å². The first-order chi connectivity index (χ1) is 18.3. The molecule has 0 spiro atoms. The fraction of sp³-hybridized carbons (Fsp3) is 0.115. The van der Waals surface area contributed by atoms with E-state index in [-0.39, 0.29) is 20.3 Å². The van der Waals surface area contributed by atoms with E-state index < -0.39 is 33.9 Å². The first-order valence-corrected chi connectivity index (χ1v) is 14.1. The van der Waals surface area contributed by atoms with E-state index in [0.29, 0.717) is 21.6 Å². The van der Waals surface area contributed by atoms with E-state index >= 15 is 0 Å². The number of thiazole rings is 1. The Morgan fingerprint density at radius 3 is 2.68 bits per heavy atom. The Bertz CT molecular complexity index is 1780. The summed E-state index contributed by atoms with van der Waals surface area (Å²) in [5.74, 6) is -0.995. The van der Waals surface area contributed by atoms with Crippen molar-refractivity contribution in [1.82, 2.24) is 4.57 Å². The van der Waals surface area contributed by atoms with E-state index in [1.54, 1.807) is 35.6 Å². The average molecular weight is 659 g/mol. The smallest absolute Gasteiger partial charge is 0.338 e. The van der Waals surface area contributed by atoms with Gasteiger partial charge in [-0.05, 0) is 58.7 Å². The molecular formula is C26H18IN3O6S2. The van der Waals surface area contributed by atoms with Crippen molar-refractivity contribution in [2.75, 3.05) is 6.61 Å². The molecule has 4 aromatic rings. The lowest BCUT2D eigenvalue weighted by molar-refractivity contribution is -0.386. The van der Waals surface area contributed by atoms with Crippen LogP contribution in [-0.2, 0) is 9.53 Å². The molecule has 0 unspecified atom stereocenters. The largest absolute Gasteiger partial charge is 0.501 e. The Morgan fingerprint density at radius 2 is 2.03 bits per heavy atom. The zero-order valence-electron chi connectivity index (χ0n) is 19.7. The summed E-state index contributed by atoms with van der Waals surface area (Å²) in [6.07, 6.45) is 1.53. The number of rotatable bonds is 6. The molecule has 0 aliphatic carbocycles. The molecule has 0 fully saturated rings. The minimum Gasteiger partial charge on any atom is -0.501 e. The third kappa shape index (κ3) is 4.70. The molecule has 1 aliphatic heterocycles. The van der Waals surface area contributed by atoms with Crippen molar-refractivity contribution in [2.45, 2.75) is 13.0 Å². The maximum Gasteiger partial charge on any atom is 0.338 e. The maximum absolute atomic E-state index is 13.8. The van der Waals surface area contributed by atoms with Crippen LogP contribution in [0.5, 0.6) is 5.75 Å². The SMILES string of the molecule is CCOC(=O)C1=C(c2ccccc2)N=c2sc(=Cc3cc(I)c(O)c([N+](=O)[O-])c3)c(=O)n2[C@@H]1c1cccs1. The summed E-state index contributed by atoms with van der Waals surface area (Å²) in [7, 11) is 0. The predicted molar refractivity (Wildman–Crippen MR) is 153 cm³/mol. The standard InChI is InChI=1S/C26H18IN3O6S2/c1-2-36-25(33)20-21(15-7-4-3-5-8-15)28-26-29(22(20)18-9-6-10-37-18)24(32)19(38-26)13-14-11-16(27)23(31)17(12-14)30(34)35/h3-13,22,31H,2H2,1H3/t22-/m1/s1. The summed E-state index contributed by atoms with van der Waals surface area (Å²) >= 11 is 4.33. The van der Waals surface area contributed by atoms with Crippen molar-refractivity contribution in [3.63, 3.8) is 0 Å². The van der Waals surface area contributed by atoms with Gasteiger partial charge >= 0.3 is 11.7 Å². The van der Waals surface area contributed by atoms with E-state index in [2.05, 4.69) is 0 Å². The number of thiophene rings is 1. The molecule has 2 aromatic carbocycles. The van der Waals surface area contributed by atoms with Crippen molar-refractivity contribution < 1.29 is 19.6 Å². The van der Waals surface area contributed by atoms with Crippen molar-refractivity contribution >= 4 is 68.7 Å². The molecule has 3 heterocycles. The van der Waals surface area contributed by atoms with Gasteiger partial charge in [-0.15, -0.1) is 11.3 Å². The highest BCUT2D eigenvalue weighted by Gasteiger charge is 2.35. The fourth-order valence-corrected chi connectivity index (χ4v) is 6.60. The Labute approximate surface area is 237 Å². The van der Waals surface area contributed by atoms with Crippen LogP contribution >= 0.6 is 45.3 Å². The zero-order chi connectivity index (χ0) is 27.0. The van der Waals surface area contributed by atoms with Crippen LogP contribution in [0.2, 0.25) is 0 Å². The zero-order valence-corrected chi connectivity index (χ0v) is 23.5. The molecule has 12 heteroatoms. The predicted octanol–water partition coefficient (Wildman–Crippen LogP) is 4.22. The summed E-state index contributed by atoms with van der Waals surface area (Å²) in [4.78, 5) is 43.8. The number of halogens is 1. The number of carbonyl (C=O) groups is 1. The van der Waals surface area contributed by atoms with Crippen LogP contribution < -0.4 is 14.9 Å². The van der Waals surface area contributed by atoms with Crippen LogP contribution in [0.1, 0.15) is 29.0 Å². The number of nitro groups is 1. The van der Waals surface area contributed by atoms with Crippen LogP contribution in [-0.4, -0.2) is 27.2 Å². The number of nitro benzene ring substituents is 1. The van der Waals surface area contributed by atoms with E-state index in [9.17, 15) is 24.8 Å². The van der Waals surface area contributed by atoms with Crippen molar-refractivity contribution in [3.8, 4) is 5.75 Å². The third-order valence-electron chi connectivity index (χ3n) is 5.75. The lowest BCUT2D eigenvalue weighted by atomic mass is 9.97. The number of ether oxygens (including phenoxy) is 1. The second-order valence-corrected chi connectivity index (χ2v) is 11.2. The summed E-state index contributed by atoms with van der Waals surface area (Å²) in [6.45, 7) is 1.87. The first-order valence-electron chi connectivity index (χ1n) is 11.3. The first kappa shape index (κ1) is 26.0. The second-order valence-electron chi connectivity index (χ2n) is 8.07. The number of hydrogen-bond acceptors (Lipinski definition) is 9. The Balaban J connectivity index is 1.80. The molecule has 38 heavy (non-hydrogen) atoms. The van der Waals surface area contributed by atoms with Crippen molar-refractivity contribution in [2.24, 2.45) is 4.99 Å². The second kappa shape index (κ2) is 10.6. The number of aromatic nitrogens is 1. The minimum atomic E-state index is -0.767. The third-order valence-corrected chi connectivity index (χ3v) is 8.48.